The number of hydrogen-bond donors (Lipinski definition) is 3. The van der Waals surface area contributed by atoms with Crippen molar-refractivity contribution in [1.29, 1.82) is 0 Å². The minimum absolute atomic E-state index is 0.0249. The van der Waals surface area contributed by atoms with E-state index in [1.165, 1.54) is 6.07 Å². The maximum absolute atomic E-state index is 15.1. The maximum Gasteiger partial charge on any atom is 0.414 e. The summed E-state index contributed by atoms with van der Waals surface area (Å²) >= 11 is 0. The lowest BCUT2D eigenvalue weighted by atomic mass is 10.1. The fourth-order valence-electron chi connectivity index (χ4n) is 5.75. The van der Waals surface area contributed by atoms with E-state index in [1.54, 1.807) is 53.7 Å². The predicted molar refractivity (Wildman–Crippen MR) is 193 cm³/mol. The largest absolute Gasteiger partial charge is 0.444 e. The van der Waals surface area contributed by atoms with E-state index in [0.29, 0.717) is 43.2 Å². The van der Waals surface area contributed by atoms with Crippen molar-refractivity contribution in [2.24, 2.45) is 4.99 Å². The van der Waals surface area contributed by atoms with E-state index in [1.807, 2.05) is 31.4 Å². The Bertz CT molecular complexity index is 1970. The second-order valence-electron chi connectivity index (χ2n) is 14.8. The van der Waals surface area contributed by atoms with Gasteiger partial charge in [-0.2, -0.15) is 0 Å². The number of nitrogens with zero attached hydrogens (tertiary/aromatic N) is 7. The van der Waals surface area contributed by atoms with Gasteiger partial charge in [-0.25, -0.2) is 38.3 Å². The topological polar surface area (TPSA) is 161 Å². The summed E-state index contributed by atoms with van der Waals surface area (Å²) in [5, 5.41) is 8.05. The summed E-state index contributed by atoms with van der Waals surface area (Å²) in [5.41, 5.74) is 1.42. The number of carbonyl (C=O) groups excluding carboxylic acids is 2. The Morgan fingerprint density at radius 1 is 0.962 bits per heavy atom. The molecule has 14 nitrogen and oxygen atoms in total. The Balaban J connectivity index is 1.25. The van der Waals surface area contributed by atoms with Crippen molar-refractivity contribution in [3.63, 3.8) is 0 Å². The molecule has 0 fully saturated rings. The monoisotopic (exact) mass is 720 g/mol. The molecule has 4 heterocycles. The van der Waals surface area contributed by atoms with Crippen molar-refractivity contribution < 1.29 is 27.8 Å². The fourth-order valence-corrected chi connectivity index (χ4v) is 5.75. The van der Waals surface area contributed by atoms with Crippen molar-refractivity contribution in [2.45, 2.75) is 92.5 Å². The second-order valence-corrected chi connectivity index (χ2v) is 14.8. The second kappa shape index (κ2) is 15.2. The molecular weight excluding hydrogens is 674 g/mol. The van der Waals surface area contributed by atoms with Crippen molar-refractivity contribution >= 4 is 40.9 Å². The van der Waals surface area contributed by atoms with Gasteiger partial charge in [-0.15, -0.1) is 0 Å². The number of anilines is 2. The number of fused-ring (bicyclic) bond motifs is 2. The van der Waals surface area contributed by atoms with Crippen LogP contribution >= 0.6 is 0 Å². The van der Waals surface area contributed by atoms with Crippen molar-refractivity contribution in [2.75, 3.05) is 25.0 Å². The number of carbonyl (C=O) groups is 2. The summed E-state index contributed by atoms with van der Waals surface area (Å²) in [4.78, 5) is 49.0. The van der Waals surface area contributed by atoms with Crippen LogP contribution in [-0.2, 0) is 22.4 Å². The standard InChI is InChI=1S/C36H46F2N10O4/c1-20(2)48-21(3)41-30-24(37)16-23(17-27(30)48)29-25(38)18-40-32(44-29)43-28-11-10-22-19-47(14-12-26(22)42-28)15-13-39-31(45-33(49)51-35(4,5)6)46-34(50)52-36(7,8)9/h10-11,16-18,20H,12-15,19H2,1-9H3,(H,40,42,43,44)(H2,39,45,46,49,50). The Labute approximate surface area is 301 Å². The summed E-state index contributed by atoms with van der Waals surface area (Å²) in [5.74, 6) is -0.0640. The summed E-state index contributed by atoms with van der Waals surface area (Å²) in [6.07, 6.45) is 0.180. The summed E-state index contributed by atoms with van der Waals surface area (Å²) in [6, 6.07) is 6.69. The number of ether oxygens (including phenoxy) is 2. The van der Waals surface area contributed by atoms with Crippen LogP contribution in [0.1, 0.15) is 78.5 Å². The van der Waals surface area contributed by atoms with E-state index in [9.17, 15) is 9.59 Å². The Morgan fingerprint density at radius 3 is 2.27 bits per heavy atom. The molecular formula is C36H46F2N10O4. The Morgan fingerprint density at radius 2 is 1.63 bits per heavy atom. The van der Waals surface area contributed by atoms with Gasteiger partial charge in [0.05, 0.1) is 18.3 Å². The molecule has 278 valence electrons. The molecule has 1 aromatic carbocycles. The molecule has 0 bridgehead atoms. The third-order valence-electron chi connectivity index (χ3n) is 7.75. The van der Waals surface area contributed by atoms with Gasteiger partial charge < -0.3 is 19.4 Å². The third-order valence-corrected chi connectivity index (χ3v) is 7.75. The smallest absolute Gasteiger partial charge is 0.414 e. The first-order valence-corrected chi connectivity index (χ1v) is 17.1. The number of guanidine groups is 1. The minimum Gasteiger partial charge on any atom is -0.444 e. The molecule has 4 aromatic rings. The predicted octanol–water partition coefficient (Wildman–Crippen LogP) is 6.56. The van der Waals surface area contributed by atoms with Crippen molar-refractivity contribution in [3.8, 4) is 11.3 Å². The summed E-state index contributed by atoms with van der Waals surface area (Å²) < 4.78 is 42.7. The maximum atomic E-state index is 15.1. The molecule has 16 heteroatoms. The summed E-state index contributed by atoms with van der Waals surface area (Å²) in [6.45, 7) is 18.2. The molecule has 0 saturated heterocycles. The first-order valence-electron chi connectivity index (χ1n) is 17.1. The number of alkyl carbamates (subject to hydrolysis) is 2. The van der Waals surface area contributed by atoms with E-state index in [2.05, 4.69) is 40.8 Å². The molecule has 52 heavy (non-hydrogen) atoms. The van der Waals surface area contributed by atoms with Gasteiger partial charge in [0.15, 0.2) is 11.6 Å². The molecule has 3 aromatic heterocycles. The molecule has 0 atom stereocenters. The number of pyridine rings is 1. The van der Waals surface area contributed by atoms with Crippen molar-refractivity contribution in [1.82, 2.24) is 40.0 Å². The molecule has 0 aliphatic carbocycles. The SMILES string of the molecule is Cc1nc2c(F)cc(-c3nc(Nc4ccc5c(n4)CCN(CCN=C(NC(=O)OC(C)(C)C)NC(=O)OC(C)(C)C)C5)ncc3F)cc2n1C(C)C. The van der Waals surface area contributed by atoms with Gasteiger partial charge >= 0.3 is 12.2 Å². The zero-order valence-electron chi connectivity index (χ0n) is 31.0. The molecule has 5 rings (SSSR count). The van der Waals surface area contributed by atoms with Crippen molar-refractivity contribution in [3.05, 3.63) is 59.2 Å². The van der Waals surface area contributed by atoms with Gasteiger partial charge in [-0.05, 0) is 86.1 Å². The molecule has 3 N–H and O–H groups in total. The fraction of sp³-hybridized carbons (Fsp3) is 0.472. The number of hydrogen-bond acceptors (Lipinski definition) is 11. The van der Waals surface area contributed by atoms with E-state index in [-0.39, 0.29) is 41.3 Å². The number of imidazole rings is 1. The molecule has 0 radical (unpaired) electrons. The van der Waals surface area contributed by atoms with Crippen LogP contribution in [0.3, 0.4) is 0 Å². The molecule has 1 aliphatic heterocycles. The molecule has 1 aliphatic rings. The molecule has 0 saturated carbocycles. The molecule has 2 amide bonds. The van der Waals surface area contributed by atoms with Gasteiger partial charge in [0.2, 0.25) is 11.9 Å². The highest BCUT2D eigenvalue weighted by Gasteiger charge is 2.23. The highest BCUT2D eigenvalue weighted by molar-refractivity contribution is 6.01. The lowest BCUT2D eigenvalue weighted by Crippen LogP contribution is -2.47. The molecule has 0 unspecified atom stereocenters. The quantitative estimate of drug-likeness (QED) is 0.141. The van der Waals surface area contributed by atoms with Crippen LogP contribution in [0.5, 0.6) is 0 Å². The number of aryl methyl sites for hydroxylation is 1. The van der Waals surface area contributed by atoms with Gasteiger partial charge in [0.25, 0.3) is 0 Å². The Kier molecular flexibility index (Phi) is 11.1. The van der Waals surface area contributed by atoms with E-state index in [4.69, 9.17) is 14.5 Å². The zero-order valence-corrected chi connectivity index (χ0v) is 31.0. The normalized spacial score (nSPS) is 13.5. The van der Waals surface area contributed by atoms with E-state index >= 15 is 8.78 Å². The summed E-state index contributed by atoms with van der Waals surface area (Å²) in [7, 11) is 0. The van der Waals surface area contributed by atoms with Crippen LogP contribution < -0.4 is 16.0 Å². The number of amides is 2. The highest BCUT2D eigenvalue weighted by atomic mass is 19.1. The number of nitrogens with one attached hydrogen (secondary N) is 3. The zero-order chi connectivity index (χ0) is 38.0. The average Bonchev–Trinajstić information content (AvgIpc) is 3.36. The minimum atomic E-state index is -0.757. The van der Waals surface area contributed by atoms with Gasteiger partial charge in [0, 0.05) is 43.4 Å². The number of halogens is 2. The van der Waals surface area contributed by atoms with Gasteiger partial charge in [-0.1, -0.05) is 6.07 Å². The van der Waals surface area contributed by atoms with Gasteiger partial charge in [-0.3, -0.25) is 20.5 Å². The Hall–Kier alpha value is -5.25. The van der Waals surface area contributed by atoms with Crippen LogP contribution in [0.4, 0.5) is 30.1 Å². The van der Waals surface area contributed by atoms with Crippen LogP contribution in [-0.4, -0.2) is 78.4 Å². The highest BCUT2D eigenvalue weighted by Crippen LogP contribution is 2.31. The van der Waals surface area contributed by atoms with Crippen LogP contribution in [0.2, 0.25) is 0 Å². The molecule has 0 spiro atoms. The number of benzene rings is 1. The average molecular weight is 721 g/mol. The van der Waals surface area contributed by atoms with Crippen LogP contribution in [0, 0.1) is 18.6 Å². The van der Waals surface area contributed by atoms with Crippen LogP contribution in [0.25, 0.3) is 22.3 Å². The van der Waals surface area contributed by atoms with E-state index in [0.717, 1.165) is 17.5 Å². The number of aromatic nitrogens is 5. The third kappa shape index (κ3) is 9.75. The number of rotatable bonds is 7. The van der Waals surface area contributed by atoms with Gasteiger partial charge in [0.1, 0.15) is 34.1 Å². The number of aliphatic imine (C=N–C) groups is 1. The van der Waals surface area contributed by atoms with E-state index < -0.39 is 35.0 Å². The van der Waals surface area contributed by atoms with Crippen LogP contribution in [0.15, 0.2) is 35.5 Å². The lowest BCUT2D eigenvalue weighted by molar-refractivity contribution is 0.0545. The first kappa shape index (κ1) is 38.0. The first-order chi connectivity index (χ1) is 24.3. The lowest BCUT2D eigenvalue weighted by Gasteiger charge is -2.28.